The zero-order valence-corrected chi connectivity index (χ0v) is 19.1. The average molecular weight is 460 g/mol. The first-order valence-corrected chi connectivity index (χ1v) is 10.6. The molecule has 2 N–H and O–H groups in total. The van der Waals surface area contributed by atoms with Gasteiger partial charge in [-0.25, -0.2) is 0 Å². The van der Waals surface area contributed by atoms with Crippen LogP contribution in [0.1, 0.15) is 26.4 Å². The lowest BCUT2D eigenvalue weighted by atomic mass is 10.1. The molecule has 0 radical (unpaired) electrons. The van der Waals surface area contributed by atoms with Gasteiger partial charge in [0, 0.05) is 23.0 Å². The molecule has 8 nitrogen and oxygen atoms in total. The number of para-hydroxylation sites is 1. The first-order valence-electron chi connectivity index (χ1n) is 10.6. The highest BCUT2D eigenvalue weighted by atomic mass is 16.5. The van der Waals surface area contributed by atoms with E-state index < -0.39 is 11.8 Å². The Kier molecular flexibility index (Phi) is 6.68. The lowest BCUT2D eigenvalue weighted by Gasteiger charge is -2.15. The maximum absolute atomic E-state index is 13.1. The number of aromatic nitrogens is 1. The molecule has 0 saturated carbocycles. The van der Waals surface area contributed by atoms with Gasteiger partial charge in [0.05, 0.1) is 21.3 Å². The zero-order valence-electron chi connectivity index (χ0n) is 19.1. The van der Waals surface area contributed by atoms with E-state index >= 15 is 0 Å². The van der Waals surface area contributed by atoms with Gasteiger partial charge in [-0.1, -0.05) is 48.5 Å². The van der Waals surface area contributed by atoms with E-state index in [1.54, 1.807) is 6.07 Å². The van der Waals surface area contributed by atoms with Crippen LogP contribution in [0.5, 0.6) is 17.2 Å². The molecule has 1 aromatic heterocycles. The summed E-state index contributed by atoms with van der Waals surface area (Å²) in [6.45, 7) is 0.512. The average Bonchev–Trinajstić information content (AvgIpc) is 3.25. The fourth-order valence-corrected chi connectivity index (χ4v) is 3.80. The second kappa shape index (κ2) is 9.99. The van der Waals surface area contributed by atoms with Gasteiger partial charge in [0.2, 0.25) is 5.75 Å². The number of methoxy groups -OCH3 is 3. The van der Waals surface area contributed by atoms with E-state index in [0.717, 1.165) is 16.5 Å². The summed E-state index contributed by atoms with van der Waals surface area (Å²) in [4.78, 5) is 25.9. The largest absolute Gasteiger partial charge is 0.493 e. The predicted octanol–water partition coefficient (Wildman–Crippen LogP) is 3.79. The zero-order chi connectivity index (χ0) is 24.1. The van der Waals surface area contributed by atoms with Crippen molar-refractivity contribution in [3.8, 4) is 17.2 Å². The Morgan fingerprint density at radius 1 is 0.765 bits per heavy atom. The van der Waals surface area contributed by atoms with Crippen molar-refractivity contribution in [2.75, 3.05) is 21.3 Å². The number of rotatable bonds is 7. The lowest BCUT2D eigenvalue weighted by molar-refractivity contribution is 0.0841. The van der Waals surface area contributed by atoms with Gasteiger partial charge in [0.15, 0.2) is 11.5 Å². The highest BCUT2D eigenvalue weighted by Gasteiger charge is 2.19. The smallest absolute Gasteiger partial charge is 0.286 e. The molecule has 3 aromatic carbocycles. The number of benzene rings is 3. The van der Waals surface area contributed by atoms with E-state index in [4.69, 9.17) is 14.2 Å². The Balaban J connectivity index is 1.57. The molecular formula is C26H25N3O5. The summed E-state index contributed by atoms with van der Waals surface area (Å²) in [7, 11) is 4.41. The van der Waals surface area contributed by atoms with Gasteiger partial charge >= 0.3 is 0 Å². The second-order valence-corrected chi connectivity index (χ2v) is 7.48. The Bertz CT molecular complexity index is 1310. The van der Waals surface area contributed by atoms with Crippen molar-refractivity contribution in [3.05, 3.63) is 89.6 Å². The van der Waals surface area contributed by atoms with Gasteiger partial charge in [-0.05, 0) is 29.8 Å². The van der Waals surface area contributed by atoms with E-state index in [1.807, 2.05) is 59.2 Å². The van der Waals surface area contributed by atoms with Crippen molar-refractivity contribution in [2.45, 2.75) is 6.54 Å². The number of ether oxygens (including phenoxy) is 3. The van der Waals surface area contributed by atoms with Crippen LogP contribution in [0, 0.1) is 0 Å². The van der Waals surface area contributed by atoms with Crippen LogP contribution >= 0.6 is 0 Å². The molecule has 2 amide bonds. The molecule has 1 heterocycles. The molecule has 0 atom stereocenters. The van der Waals surface area contributed by atoms with Crippen LogP contribution in [-0.2, 0) is 6.54 Å². The summed E-state index contributed by atoms with van der Waals surface area (Å²) in [5.41, 5.74) is 7.63. The Morgan fingerprint density at radius 3 is 2.03 bits per heavy atom. The van der Waals surface area contributed by atoms with Crippen LogP contribution < -0.4 is 25.1 Å². The van der Waals surface area contributed by atoms with Crippen molar-refractivity contribution in [3.63, 3.8) is 0 Å². The van der Waals surface area contributed by atoms with Crippen LogP contribution in [0.4, 0.5) is 0 Å². The van der Waals surface area contributed by atoms with E-state index in [1.165, 1.54) is 33.5 Å². The number of hydrogen-bond acceptors (Lipinski definition) is 5. The summed E-state index contributed by atoms with van der Waals surface area (Å²) in [6, 6.07) is 22.4. The molecule has 0 spiro atoms. The molecule has 0 aliphatic carbocycles. The predicted molar refractivity (Wildman–Crippen MR) is 129 cm³/mol. The quantitative estimate of drug-likeness (QED) is 0.411. The van der Waals surface area contributed by atoms with Crippen LogP contribution in [0.15, 0.2) is 72.8 Å². The van der Waals surface area contributed by atoms with Crippen LogP contribution in [0.25, 0.3) is 10.9 Å². The minimum absolute atomic E-state index is 0.236. The van der Waals surface area contributed by atoms with Crippen molar-refractivity contribution in [2.24, 2.45) is 0 Å². The Labute approximate surface area is 197 Å². The fourth-order valence-electron chi connectivity index (χ4n) is 3.80. The molecular weight excluding hydrogens is 434 g/mol. The van der Waals surface area contributed by atoms with Gasteiger partial charge in [0.25, 0.3) is 11.8 Å². The Morgan fingerprint density at radius 2 is 1.38 bits per heavy atom. The standard InChI is InChI=1S/C26H25N3O5/c1-32-22-14-19(15-23(33-2)24(22)34-3)25(30)27-28-26(31)21-13-18-11-7-8-12-20(18)29(21)16-17-9-5-4-6-10-17/h4-15H,16H2,1-3H3,(H,27,30)(H,28,31). The second-order valence-electron chi connectivity index (χ2n) is 7.48. The normalized spacial score (nSPS) is 10.6. The first-order chi connectivity index (χ1) is 16.5. The van der Waals surface area contributed by atoms with Crippen LogP contribution in [0.2, 0.25) is 0 Å². The highest BCUT2D eigenvalue weighted by molar-refractivity contribution is 6.01. The molecule has 0 aliphatic rings. The van der Waals surface area contributed by atoms with Gasteiger partial charge in [-0.15, -0.1) is 0 Å². The maximum atomic E-state index is 13.1. The van der Waals surface area contributed by atoms with Gasteiger partial charge in [-0.2, -0.15) is 0 Å². The number of nitrogens with one attached hydrogen (secondary N) is 2. The van der Waals surface area contributed by atoms with E-state index in [-0.39, 0.29) is 5.56 Å². The third kappa shape index (κ3) is 4.52. The fraction of sp³-hybridized carbons (Fsp3) is 0.154. The third-order valence-electron chi connectivity index (χ3n) is 5.44. The molecule has 34 heavy (non-hydrogen) atoms. The van der Waals surface area contributed by atoms with E-state index in [2.05, 4.69) is 10.9 Å². The van der Waals surface area contributed by atoms with E-state index in [9.17, 15) is 9.59 Å². The molecule has 174 valence electrons. The van der Waals surface area contributed by atoms with Crippen LogP contribution in [0.3, 0.4) is 0 Å². The molecule has 0 aliphatic heterocycles. The number of hydrogen-bond donors (Lipinski definition) is 2. The summed E-state index contributed by atoms with van der Waals surface area (Å²) in [6.07, 6.45) is 0. The number of carbonyl (C=O) groups is 2. The summed E-state index contributed by atoms with van der Waals surface area (Å²) < 4.78 is 17.8. The van der Waals surface area contributed by atoms with Crippen LogP contribution in [-0.4, -0.2) is 37.7 Å². The molecule has 8 heteroatoms. The van der Waals surface area contributed by atoms with Gasteiger partial charge < -0.3 is 18.8 Å². The molecule has 0 saturated heterocycles. The Hall–Kier alpha value is -4.46. The molecule has 0 bridgehead atoms. The monoisotopic (exact) mass is 459 g/mol. The van der Waals surface area contributed by atoms with Crippen molar-refractivity contribution in [1.29, 1.82) is 0 Å². The SMILES string of the molecule is COc1cc(C(=O)NNC(=O)c2cc3ccccc3n2Cc2ccccc2)cc(OC)c1OC. The van der Waals surface area contributed by atoms with Gasteiger partial charge in [0.1, 0.15) is 5.69 Å². The summed E-state index contributed by atoms with van der Waals surface area (Å²) in [5, 5.41) is 0.930. The first kappa shape index (κ1) is 22.7. The van der Waals surface area contributed by atoms with Gasteiger partial charge in [-0.3, -0.25) is 20.4 Å². The van der Waals surface area contributed by atoms with Crippen molar-refractivity contribution in [1.82, 2.24) is 15.4 Å². The maximum Gasteiger partial charge on any atom is 0.286 e. The molecule has 0 fully saturated rings. The molecule has 4 rings (SSSR count). The molecule has 4 aromatic rings. The number of fused-ring (bicyclic) bond motifs is 1. The third-order valence-corrected chi connectivity index (χ3v) is 5.44. The topological polar surface area (TPSA) is 90.8 Å². The number of hydrazine groups is 1. The number of carbonyl (C=O) groups excluding carboxylic acids is 2. The lowest BCUT2D eigenvalue weighted by Crippen LogP contribution is -2.42. The summed E-state index contributed by atoms with van der Waals surface area (Å²) >= 11 is 0. The van der Waals surface area contributed by atoms with Crippen molar-refractivity contribution >= 4 is 22.7 Å². The summed E-state index contributed by atoms with van der Waals surface area (Å²) in [5.74, 6) is 0.0740. The van der Waals surface area contributed by atoms with Crippen molar-refractivity contribution < 1.29 is 23.8 Å². The number of amides is 2. The molecule has 0 unspecified atom stereocenters. The minimum atomic E-state index is -0.529. The minimum Gasteiger partial charge on any atom is -0.493 e. The number of nitrogens with zero attached hydrogens (tertiary/aromatic N) is 1. The highest BCUT2D eigenvalue weighted by Crippen LogP contribution is 2.38. The van der Waals surface area contributed by atoms with E-state index in [0.29, 0.717) is 29.5 Å².